The van der Waals surface area contributed by atoms with Crippen molar-refractivity contribution in [2.24, 2.45) is 5.73 Å². The summed E-state index contributed by atoms with van der Waals surface area (Å²) >= 11 is 0. The zero-order valence-corrected chi connectivity index (χ0v) is 8.37. The molecule has 6 heteroatoms. The second kappa shape index (κ2) is 4.11. The molecule has 0 spiro atoms. The third-order valence-electron chi connectivity index (χ3n) is 2.06. The largest absolute Gasteiger partial charge is 0.477 e. The lowest BCUT2D eigenvalue weighted by atomic mass is 10.3. The van der Waals surface area contributed by atoms with E-state index in [4.69, 9.17) is 10.8 Å². The van der Waals surface area contributed by atoms with Gasteiger partial charge in [-0.3, -0.25) is 0 Å². The van der Waals surface area contributed by atoms with Crippen LogP contribution in [0.25, 0.3) is 5.82 Å². The molecule has 0 aromatic carbocycles. The number of nitrogens with two attached hydrogens (primary N) is 1. The molecule has 0 aliphatic carbocycles. The van der Waals surface area contributed by atoms with Gasteiger partial charge in [0.2, 0.25) is 0 Å². The molecule has 3 N–H and O–H groups in total. The molecule has 0 saturated carbocycles. The average Bonchev–Trinajstić information content (AvgIpc) is 2.77. The Morgan fingerprint density at radius 3 is 2.94 bits per heavy atom. The van der Waals surface area contributed by atoms with E-state index in [1.165, 1.54) is 10.7 Å². The summed E-state index contributed by atoms with van der Waals surface area (Å²) < 4.78 is 1.49. The van der Waals surface area contributed by atoms with Gasteiger partial charge in [-0.05, 0) is 12.1 Å². The van der Waals surface area contributed by atoms with Gasteiger partial charge in [-0.15, -0.1) is 0 Å². The Bertz CT molecular complexity index is 521. The van der Waals surface area contributed by atoms with E-state index in [-0.39, 0.29) is 5.69 Å². The van der Waals surface area contributed by atoms with Crippen molar-refractivity contribution in [1.29, 1.82) is 0 Å². The maximum absolute atomic E-state index is 10.7. The van der Waals surface area contributed by atoms with Crippen LogP contribution in [0.15, 0.2) is 30.6 Å². The fraction of sp³-hybridized carbons (Fsp3) is 0.100. The van der Waals surface area contributed by atoms with Crippen molar-refractivity contribution in [3.8, 4) is 5.82 Å². The molecule has 0 atom stereocenters. The second-order valence-electron chi connectivity index (χ2n) is 3.18. The molecule has 0 amide bonds. The Kier molecular flexibility index (Phi) is 2.65. The van der Waals surface area contributed by atoms with Crippen molar-refractivity contribution in [3.05, 3.63) is 41.9 Å². The summed E-state index contributed by atoms with van der Waals surface area (Å²) in [5.41, 5.74) is 6.30. The number of carboxylic acids is 1. The molecule has 2 rings (SSSR count). The van der Waals surface area contributed by atoms with Gasteiger partial charge in [0.25, 0.3) is 0 Å². The molecule has 2 aromatic rings. The molecule has 0 bridgehead atoms. The van der Waals surface area contributed by atoms with Gasteiger partial charge in [0.05, 0.1) is 6.20 Å². The van der Waals surface area contributed by atoms with Gasteiger partial charge in [-0.1, -0.05) is 6.07 Å². The number of hydrogen-bond acceptors (Lipinski definition) is 4. The van der Waals surface area contributed by atoms with Crippen molar-refractivity contribution in [1.82, 2.24) is 14.8 Å². The molecular formula is C10H10N4O2. The normalized spacial score (nSPS) is 10.3. The number of carboxylic acid groups (broad SMARTS) is 1. The topological polar surface area (TPSA) is 94.0 Å². The minimum atomic E-state index is -1.06. The predicted molar refractivity (Wildman–Crippen MR) is 56.2 cm³/mol. The number of pyridine rings is 1. The van der Waals surface area contributed by atoms with E-state index in [9.17, 15) is 4.79 Å². The molecule has 0 radical (unpaired) electrons. The standard InChI is InChI=1S/C10H10N4O2/c11-4-7-5-12-14(6-7)9-3-1-2-8(13-9)10(15)16/h1-3,5-6H,4,11H2,(H,15,16). The fourth-order valence-corrected chi connectivity index (χ4v) is 1.26. The fourth-order valence-electron chi connectivity index (χ4n) is 1.26. The highest BCUT2D eigenvalue weighted by molar-refractivity contribution is 5.85. The van der Waals surface area contributed by atoms with Gasteiger partial charge >= 0.3 is 5.97 Å². The van der Waals surface area contributed by atoms with Crippen LogP contribution in [-0.2, 0) is 6.54 Å². The van der Waals surface area contributed by atoms with Crippen molar-refractivity contribution in [2.75, 3.05) is 0 Å². The van der Waals surface area contributed by atoms with Crippen LogP contribution in [0.1, 0.15) is 16.1 Å². The zero-order chi connectivity index (χ0) is 11.5. The lowest BCUT2D eigenvalue weighted by molar-refractivity contribution is 0.0690. The van der Waals surface area contributed by atoms with Crippen LogP contribution in [0.3, 0.4) is 0 Å². The highest BCUT2D eigenvalue weighted by Crippen LogP contribution is 2.06. The van der Waals surface area contributed by atoms with Crippen molar-refractivity contribution in [2.45, 2.75) is 6.54 Å². The molecule has 82 valence electrons. The molecule has 2 heterocycles. The molecule has 0 fully saturated rings. The monoisotopic (exact) mass is 218 g/mol. The number of hydrogen-bond donors (Lipinski definition) is 2. The van der Waals surface area contributed by atoms with Crippen LogP contribution in [0, 0.1) is 0 Å². The van der Waals surface area contributed by atoms with Crippen molar-refractivity contribution >= 4 is 5.97 Å². The minimum Gasteiger partial charge on any atom is -0.477 e. The van der Waals surface area contributed by atoms with E-state index in [1.807, 2.05) is 0 Å². The summed E-state index contributed by atoms with van der Waals surface area (Å²) in [6.07, 6.45) is 3.34. The first kappa shape index (κ1) is 10.3. The Morgan fingerprint density at radius 2 is 2.31 bits per heavy atom. The van der Waals surface area contributed by atoms with Gasteiger partial charge in [0.1, 0.15) is 0 Å². The Morgan fingerprint density at radius 1 is 1.50 bits per heavy atom. The number of aromatic carboxylic acids is 1. The SMILES string of the molecule is NCc1cnn(-c2cccc(C(=O)O)n2)c1. The third-order valence-corrected chi connectivity index (χ3v) is 2.06. The molecule has 6 nitrogen and oxygen atoms in total. The Balaban J connectivity index is 2.40. The molecule has 16 heavy (non-hydrogen) atoms. The minimum absolute atomic E-state index is 0.0118. The van der Waals surface area contributed by atoms with Crippen LogP contribution >= 0.6 is 0 Å². The third kappa shape index (κ3) is 1.91. The van der Waals surface area contributed by atoms with Gasteiger partial charge in [-0.2, -0.15) is 5.10 Å². The smallest absolute Gasteiger partial charge is 0.354 e. The first-order chi connectivity index (χ1) is 7.70. The summed E-state index contributed by atoms with van der Waals surface area (Å²) in [6.45, 7) is 0.388. The van der Waals surface area contributed by atoms with Crippen molar-refractivity contribution < 1.29 is 9.90 Å². The molecular weight excluding hydrogens is 208 g/mol. The maximum atomic E-state index is 10.7. The van der Waals surface area contributed by atoms with E-state index in [1.54, 1.807) is 24.5 Å². The summed E-state index contributed by atoms with van der Waals surface area (Å²) in [7, 11) is 0. The van der Waals surface area contributed by atoms with E-state index in [0.29, 0.717) is 12.4 Å². The zero-order valence-electron chi connectivity index (χ0n) is 8.37. The van der Waals surface area contributed by atoms with Crippen molar-refractivity contribution in [3.63, 3.8) is 0 Å². The van der Waals surface area contributed by atoms with Crippen LogP contribution in [0.5, 0.6) is 0 Å². The van der Waals surface area contributed by atoms with Crippen LogP contribution in [-0.4, -0.2) is 25.8 Å². The first-order valence-corrected chi connectivity index (χ1v) is 4.65. The van der Waals surface area contributed by atoms with E-state index in [2.05, 4.69) is 10.1 Å². The number of nitrogens with zero attached hydrogens (tertiary/aromatic N) is 3. The summed E-state index contributed by atoms with van der Waals surface area (Å²) in [5, 5.41) is 12.8. The summed E-state index contributed by atoms with van der Waals surface area (Å²) in [4.78, 5) is 14.7. The highest BCUT2D eigenvalue weighted by Gasteiger charge is 2.06. The molecule has 0 aliphatic rings. The number of rotatable bonds is 3. The summed E-state index contributed by atoms with van der Waals surface area (Å²) in [5.74, 6) is -0.604. The van der Waals surface area contributed by atoms with E-state index < -0.39 is 5.97 Å². The lowest BCUT2D eigenvalue weighted by Crippen LogP contribution is -2.05. The van der Waals surface area contributed by atoms with Gasteiger partial charge < -0.3 is 10.8 Å². The predicted octanol–water partition coefficient (Wildman–Crippen LogP) is 0.424. The second-order valence-corrected chi connectivity index (χ2v) is 3.18. The average molecular weight is 218 g/mol. The van der Waals surface area contributed by atoms with Gasteiger partial charge in [0, 0.05) is 18.3 Å². The Labute approximate surface area is 91.3 Å². The van der Waals surface area contributed by atoms with Gasteiger partial charge in [-0.25, -0.2) is 14.5 Å². The quantitative estimate of drug-likeness (QED) is 0.778. The molecule has 0 aliphatic heterocycles. The highest BCUT2D eigenvalue weighted by atomic mass is 16.4. The van der Waals surface area contributed by atoms with Crippen LogP contribution < -0.4 is 5.73 Å². The lowest BCUT2D eigenvalue weighted by Gasteiger charge is -2.00. The van der Waals surface area contributed by atoms with E-state index in [0.717, 1.165) is 5.56 Å². The molecule has 2 aromatic heterocycles. The summed E-state index contributed by atoms with van der Waals surface area (Å²) in [6, 6.07) is 4.73. The molecule has 0 saturated heterocycles. The Hall–Kier alpha value is -2.21. The van der Waals surface area contributed by atoms with E-state index >= 15 is 0 Å². The number of carbonyl (C=O) groups is 1. The van der Waals surface area contributed by atoms with Crippen LogP contribution in [0.4, 0.5) is 0 Å². The maximum Gasteiger partial charge on any atom is 0.354 e. The number of aromatic nitrogens is 3. The first-order valence-electron chi connectivity index (χ1n) is 4.65. The van der Waals surface area contributed by atoms with Gasteiger partial charge in [0.15, 0.2) is 11.5 Å². The van der Waals surface area contributed by atoms with Crippen LogP contribution in [0.2, 0.25) is 0 Å². The molecule has 0 unspecified atom stereocenters.